The largest absolute Gasteiger partial charge is 0.318 e. The number of nitrogens with one attached hydrogen (secondary N) is 2. The quantitative estimate of drug-likeness (QED) is 0.728. The third-order valence-electron chi connectivity index (χ3n) is 4.40. The number of aromatic amines is 1. The van der Waals surface area contributed by atoms with Gasteiger partial charge in [-0.3, -0.25) is 9.89 Å². The number of rotatable bonds is 3. The van der Waals surface area contributed by atoms with Crippen molar-refractivity contribution >= 4 is 11.6 Å². The van der Waals surface area contributed by atoms with Crippen LogP contribution in [0.4, 0.5) is 5.69 Å². The number of carbonyl (C=O) groups is 1. The van der Waals surface area contributed by atoms with Gasteiger partial charge in [-0.15, -0.1) is 0 Å². The molecule has 0 aliphatic heterocycles. The van der Waals surface area contributed by atoms with Crippen LogP contribution in [0.1, 0.15) is 41.0 Å². The average Bonchev–Trinajstić information content (AvgIpc) is 3.17. The molecule has 0 bridgehead atoms. The van der Waals surface area contributed by atoms with Crippen LogP contribution in [-0.2, 0) is 12.8 Å². The number of H-pyrrole nitrogens is 1. The first-order valence-corrected chi connectivity index (χ1v) is 8.29. The first kappa shape index (κ1) is 14.7. The molecule has 0 saturated heterocycles. The molecule has 0 spiro atoms. The zero-order valence-electron chi connectivity index (χ0n) is 13.3. The van der Waals surface area contributed by atoms with E-state index < -0.39 is 0 Å². The summed E-state index contributed by atoms with van der Waals surface area (Å²) in [7, 11) is 0. The first-order chi connectivity index (χ1) is 11.8. The summed E-state index contributed by atoms with van der Waals surface area (Å²) in [5, 5.41) is 14.1. The molecule has 6 heteroatoms. The van der Waals surface area contributed by atoms with Crippen molar-refractivity contribution in [3.05, 3.63) is 59.7 Å². The summed E-state index contributed by atoms with van der Waals surface area (Å²) in [5.41, 5.74) is 4.42. The lowest BCUT2D eigenvalue weighted by atomic mass is 10.1. The minimum atomic E-state index is -0.177. The fraction of sp³-hybridized carbons (Fsp3) is 0.278. The van der Waals surface area contributed by atoms with Gasteiger partial charge in [0.1, 0.15) is 0 Å². The van der Waals surface area contributed by atoms with Crippen LogP contribution in [0.5, 0.6) is 0 Å². The molecule has 2 N–H and O–H groups in total. The Balaban J connectivity index is 1.76. The lowest BCUT2D eigenvalue weighted by molar-refractivity contribution is 0.102. The summed E-state index contributed by atoms with van der Waals surface area (Å²) < 4.78 is 1.94. The van der Waals surface area contributed by atoms with Crippen LogP contribution in [0.2, 0.25) is 0 Å². The molecule has 6 nitrogen and oxygen atoms in total. The number of amides is 1. The summed E-state index contributed by atoms with van der Waals surface area (Å²) in [6, 6.07) is 10.0. The molecule has 1 aromatic carbocycles. The van der Waals surface area contributed by atoms with Gasteiger partial charge in [0, 0.05) is 17.5 Å². The zero-order chi connectivity index (χ0) is 16.4. The molecule has 1 aliphatic rings. The molecular weight excluding hydrogens is 302 g/mol. The molecule has 3 aromatic rings. The number of para-hydroxylation sites is 1. The molecule has 1 aliphatic carbocycles. The molecule has 0 unspecified atom stereocenters. The van der Waals surface area contributed by atoms with Gasteiger partial charge >= 0.3 is 0 Å². The topological polar surface area (TPSA) is 75.6 Å². The Labute approximate surface area is 139 Å². The highest BCUT2D eigenvalue weighted by Crippen LogP contribution is 2.26. The van der Waals surface area contributed by atoms with Crippen molar-refractivity contribution in [1.29, 1.82) is 0 Å². The van der Waals surface area contributed by atoms with Crippen LogP contribution < -0.4 is 5.32 Å². The second kappa shape index (κ2) is 6.31. The fourth-order valence-corrected chi connectivity index (χ4v) is 3.25. The molecule has 122 valence electrons. The molecular formula is C18H19N5O. The van der Waals surface area contributed by atoms with Gasteiger partial charge < -0.3 is 5.32 Å². The minimum absolute atomic E-state index is 0.177. The SMILES string of the molecule is O=C(Nc1cn[nH]c1)c1nn(-c2ccccc2)c2c1CCCCC2. The van der Waals surface area contributed by atoms with E-state index in [0.717, 1.165) is 42.6 Å². The third-order valence-corrected chi connectivity index (χ3v) is 4.40. The number of nitrogens with zero attached hydrogens (tertiary/aromatic N) is 3. The third kappa shape index (κ3) is 2.71. The highest BCUT2D eigenvalue weighted by atomic mass is 16.2. The van der Waals surface area contributed by atoms with E-state index in [-0.39, 0.29) is 5.91 Å². The van der Waals surface area contributed by atoms with Crippen LogP contribution in [-0.4, -0.2) is 25.9 Å². The van der Waals surface area contributed by atoms with Crippen molar-refractivity contribution in [3.63, 3.8) is 0 Å². The molecule has 1 amide bonds. The molecule has 0 radical (unpaired) electrons. The lowest BCUT2D eigenvalue weighted by Crippen LogP contribution is -2.14. The van der Waals surface area contributed by atoms with Gasteiger partial charge in [-0.25, -0.2) is 4.68 Å². The van der Waals surface area contributed by atoms with Crippen LogP contribution in [0.3, 0.4) is 0 Å². The number of aromatic nitrogens is 4. The fourth-order valence-electron chi connectivity index (χ4n) is 3.25. The van der Waals surface area contributed by atoms with E-state index >= 15 is 0 Å². The van der Waals surface area contributed by atoms with Crippen molar-refractivity contribution < 1.29 is 4.79 Å². The summed E-state index contributed by atoms with van der Waals surface area (Å²) in [6.45, 7) is 0. The Morgan fingerprint density at radius 2 is 1.96 bits per heavy atom. The normalized spacial score (nSPS) is 14.0. The van der Waals surface area contributed by atoms with Crippen molar-refractivity contribution in [2.45, 2.75) is 32.1 Å². The van der Waals surface area contributed by atoms with E-state index in [1.165, 1.54) is 6.42 Å². The zero-order valence-corrected chi connectivity index (χ0v) is 13.3. The predicted molar refractivity (Wildman–Crippen MR) is 91.4 cm³/mol. The van der Waals surface area contributed by atoms with Crippen LogP contribution in [0.25, 0.3) is 5.69 Å². The monoisotopic (exact) mass is 321 g/mol. The van der Waals surface area contributed by atoms with E-state index in [1.807, 2.05) is 35.0 Å². The van der Waals surface area contributed by atoms with E-state index in [2.05, 4.69) is 20.6 Å². The van der Waals surface area contributed by atoms with E-state index in [4.69, 9.17) is 0 Å². The molecule has 24 heavy (non-hydrogen) atoms. The van der Waals surface area contributed by atoms with Crippen LogP contribution in [0, 0.1) is 0 Å². The number of carbonyl (C=O) groups excluding carboxylic acids is 1. The van der Waals surface area contributed by atoms with Gasteiger partial charge in [0.05, 0.1) is 17.6 Å². The molecule has 0 fully saturated rings. The Bertz CT molecular complexity index is 836. The molecule has 0 atom stereocenters. The smallest absolute Gasteiger partial charge is 0.276 e. The van der Waals surface area contributed by atoms with Gasteiger partial charge in [-0.1, -0.05) is 24.6 Å². The molecule has 0 saturated carbocycles. The maximum Gasteiger partial charge on any atom is 0.276 e. The molecule has 2 heterocycles. The van der Waals surface area contributed by atoms with E-state index in [1.54, 1.807) is 12.4 Å². The van der Waals surface area contributed by atoms with Gasteiger partial charge in [-0.2, -0.15) is 10.2 Å². The summed E-state index contributed by atoms with van der Waals surface area (Å²) in [6.07, 6.45) is 8.52. The van der Waals surface area contributed by atoms with Crippen molar-refractivity contribution in [1.82, 2.24) is 20.0 Å². The first-order valence-electron chi connectivity index (χ1n) is 8.29. The van der Waals surface area contributed by atoms with Gasteiger partial charge in [0.15, 0.2) is 5.69 Å². The Hall–Kier alpha value is -2.89. The number of hydrogen-bond donors (Lipinski definition) is 2. The highest BCUT2D eigenvalue weighted by Gasteiger charge is 2.24. The summed E-state index contributed by atoms with van der Waals surface area (Å²) in [5.74, 6) is -0.177. The van der Waals surface area contributed by atoms with E-state index in [0.29, 0.717) is 11.4 Å². The number of anilines is 1. The Morgan fingerprint density at radius 1 is 1.12 bits per heavy atom. The van der Waals surface area contributed by atoms with Gasteiger partial charge in [0.25, 0.3) is 5.91 Å². The minimum Gasteiger partial charge on any atom is -0.318 e. The Kier molecular flexibility index (Phi) is 3.86. The number of fused-ring (bicyclic) bond motifs is 1. The van der Waals surface area contributed by atoms with Gasteiger partial charge in [-0.05, 0) is 37.8 Å². The second-order valence-electron chi connectivity index (χ2n) is 6.02. The maximum absolute atomic E-state index is 12.7. The van der Waals surface area contributed by atoms with Crippen molar-refractivity contribution in [2.24, 2.45) is 0 Å². The van der Waals surface area contributed by atoms with Gasteiger partial charge in [0.2, 0.25) is 0 Å². The van der Waals surface area contributed by atoms with Crippen LogP contribution in [0.15, 0.2) is 42.7 Å². The van der Waals surface area contributed by atoms with Crippen molar-refractivity contribution in [2.75, 3.05) is 5.32 Å². The van der Waals surface area contributed by atoms with E-state index in [9.17, 15) is 4.79 Å². The number of benzene rings is 1. The van der Waals surface area contributed by atoms with Crippen molar-refractivity contribution in [3.8, 4) is 5.69 Å². The molecule has 2 aromatic heterocycles. The number of hydrogen-bond acceptors (Lipinski definition) is 3. The predicted octanol–water partition coefficient (Wildman–Crippen LogP) is 3.12. The highest BCUT2D eigenvalue weighted by molar-refractivity contribution is 6.04. The standard InChI is InChI=1S/C18H19N5O/c24-18(21-13-11-19-20-12-13)17-15-9-5-2-6-10-16(15)23(22-17)14-7-3-1-4-8-14/h1,3-4,7-8,11-12H,2,5-6,9-10H2,(H,19,20)(H,21,24). The average molecular weight is 321 g/mol. The molecule has 4 rings (SSSR count). The Morgan fingerprint density at radius 3 is 2.75 bits per heavy atom. The maximum atomic E-state index is 12.7. The lowest BCUT2D eigenvalue weighted by Gasteiger charge is -2.06. The summed E-state index contributed by atoms with van der Waals surface area (Å²) in [4.78, 5) is 12.7. The van der Waals surface area contributed by atoms with Crippen LogP contribution >= 0.6 is 0 Å². The second-order valence-corrected chi connectivity index (χ2v) is 6.02. The summed E-state index contributed by atoms with van der Waals surface area (Å²) >= 11 is 0.